The van der Waals surface area contributed by atoms with E-state index in [2.05, 4.69) is 67.2 Å². The molecule has 0 spiro atoms. The van der Waals surface area contributed by atoms with Crippen LogP contribution in [0.5, 0.6) is 0 Å². The van der Waals surface area contributed by atoms with Crippen molar-refractivity contribution in [3.05, 3.63) is 35.4 Å². The third kappa shape index (κ3) is 4.29. The van der Waals surface area contributed by atoms with Crippen LogP contribution in [0.2, 0.25) is 0 Å². The molecule has 3 atom stereocenters. The maximum Gasteiger partial charge on any atom is 0.0235 e. The van der Waals surface area contributed by atoms with Crippen LogP contribution in [0.1, 0.15) is 37.8 Å². The highest BCUT2D eigenvalue weighted by Crippen LogP contribution is 2.18. The van der Waals surface area contributed by atoms with Crippen LogP contribution in [-0.2, 0) is 6.54 Å². The molecule has 1 aromatic rings. The second-order valence-electron chi connectivity index (χ2n) is 6.76. The molecule has 21 heavy (non-hydrogen) atoms. The molecule has 1 heterocycles. The Labute approximate surface area is 130 Å². The van der Waals surface area contributed by atoms with Crippen molar-refractivity contribution in [3.8, 4) is 0 Å². The van der Waals surface area contributed by atoms with Crippen molar-refractivity contribution in [2.45, 2.75) is 45.3 Å². The molecule has 1 N–H and O–H groups in total. The zero-order chi connectivity index (χ0) is 15.4. The summed E-state index contributed by atoms with van der Waals surface area (Å²) in [6.07, 6.45) is 0. The van der Waals surface area contributed by atoms with Crippen molar-refractivity contribution in [3.63, 3.8) is 0 Å². The predicted octanol–water partition coefficient (Wildman–Crippen LogP) is 2.53. The van der Waals surface area contributed by atoms with Gasteiger partial charge in [-0.1, -0.05) is 31.2 Å². The van der Waals surface area contributed by atoms with Gasteiger partial charge >= 0.3 is 0 Å². The Kier molecular flexibility index (Phi) is 5.80. The standard InChI is InChI=1S/C18H31N3/c1-14(10-19-4)18-8-6-17(7-9-18)13-21-11-15(2)20(5)16(3)12-21/h6-9,14-16,19H,10-13H2,1-5H3. The summed E-state index contributed by atoms with van der Waals surface area (Å²) in [5, 5.41) is 3.25. The van der Waals surface area contributed by atoms with Gasteiger partial charge in [-0.3, -0.25) is 9.80 Å². The number of nitrogens with zero attached hydrogens (tertiary/aromatic N) is 2. The smallest absolute Gasteiger partial charge is 0.0235 e. The van der Waals surface area contributed by atoms with E-state index in [9.17, 15) is 0 Å². The average Bonchev–Trinajstić information content (AvgIpc) is 2.45. The highest BCUT2D eigenvalue weighted by molar-refractivity contribution is 5.25. The van der Waals surface area contributed by atoms with Gasteiger partial charge in [0.1, 0.15) is 0 Å². The summed E-state index contributed by atoms with van der Waals surface area (Å²) < 4.78 is 0. The first-order valence-electron chi connectivity index (χ1n) is 8.19. The van der Waals surface area contributed by atoms with Gasteiger partial charge in [-0.15, -0.1) is 0 Å². The minimum atomic E-state index is 0.577. The van der Waals surface area contributed by atoms with E-state index in [4.69, 9.17) is 0 Å². The zero-order valence-corrected chi connectivity index (χ0v) is 14.3. The third-order valence-electron chi connectivity index (χ3n) is 4.90. The van der Waals surface area contributed by atoms with E-state index in [1.165, 1.54) is 24.2 Å². The van der Waals surface area contributed by atoms with Gasteiger partial charge in [0.25, 0.3) is 0 Å². The fourth-order valence-electron chi connectivity index (χ4n) is 3.28. The fourth-order valence-corrected chi connectivity index (χ4v) is 3.28. The maximum atomic E-state index is 3.25. The van der Waals surface area contributed by atoms with Crippen molar-refractivity contribution in [1.82, 2.24) is 15.1 Å². The Bertz CT molecular complexity index is 417. The van der Waals surface area contributed by atoms with E-state index in [0.717, 1.165) is 13.1 Å². The second-order valence-corrected chi connectivity index (χ2v) is 6.76. The van der Waals surface area contributed by atoms with Gasteiger partial charge in [0.15, 0.2) is 0 Å². The topological polar surface area (TPSA) is 18.5 Å². The lowest BCUT2D eigenvalue weighted by Gasteiger charge is -2.42. The Morgan fingerprint density at radius 2 is 1.71 bits per heavy atom. The van der Waals surface area contributed by atoms with Gasteiger partial charge in [-0.2, -0.15) is 0 Å². The van der Waals surface area contributed by atoms with E-state index in [0.29, 0.717) is 18.0 Å². The molecule has 1 aliphatic rings. The van der Waals surface area contributed by atoms with E-state index in [-0.39, 0.29) is 0 Å². The van der Waals surface area contributed by atoms with Crippen molar-refractivity contribution in [2.75, 3.05) is 33.7 Å². The lowest BCUT2D eigenvalue weighted by Crippen LogP contribution is -2.54. The quantitative estimate of drug-likeness (QED) is 0.898. The van der Waals surface area contributed by atoms with Gasteiger partial charge in [-0.25, -0.2) is 0 Å². The molecule has 1 aromatic carbocycles. The van der Waals surface area contributed by atoms with Gasteiger partial charge in [0.05, 0.1) is 0 Å². The third-order valence-corrected chi connectivity index (χ3v) is 4.90. The molecule has 118 valence electrons. The number of likely N-dealkylation sites (N-methyl/N-ethyl adjacent to an activating group) is 2. The number of rotatable bonds is 5. The van der Waals surface area contributed by atoms with Gasteiger partial charge in [0.2, 0.25) is 0 Å². The van der Waals surface area contributed by atoms with Crippen molar-refractivity contribution < 1.29 is 0 Å². The molecule has 0 aromatic heterocycles. The molecule has 0 radical (unpaired) electrons. The molecule has 0 amide bonds. The summed E-state index contributed by atoms with van der Waals surface area (Å²) in [6, 6.07) is 10.5. The highest BCUT2D eigenvalue weighted by Gasteiger charge is 2.26. The van der Waals surface area contributed by atoms with E-state index >= 15 is 0 Å². The minimum absolute atomic E-state index is 0.577. The molecular formula is C18H31N3. The molecule has 0 aliphatic carbocycles. The molecule has 1 aliphatic heterocycles. The summed E-state index contributed by atoms with van der Waals surface area (Å²) in [5.41, 5.74) is 2.85. The second kappa shape index (κ2) is 7.39. The summed E-state index contributed by atoms with van der Waals surface area (Å²) in [4.78, 5) is 5.07. The lowest BCUT2D eigenvalue weighted by atomic mass is 9.99. The largest absolute Gasteiger partial charge is 0.319 e. The molecule has 3 nitrogen and oxygen atoms in total. The van der Waals surface area contributed by atoms with Crippen molar-refractivity contribution in [1.29, 1.82) is 0 Å². The Hall–Kier alpha value is -0.900. The molecule has 3 heteroatoms. The van der Waals surface area contributed by atoms with Crippen molar-refractivity contribution in [2.24, 2.45) is 0 Å². The molecule has 2 rings (SSSR count). The first-order valence-corrected chi connectivity index (χ1v) is 8.19. The van der Waals surface area contributed by atoms with E-state index in [1.54, 1.807) is 0 Å². The lowest BCUT2D eigenvalue weighted by molar-refractivity contribution is 0.0556. The Morgan fingerprint density at radius 1 is 1.14 bits per heavy atom. The van der Waals surface area contributed by atoms with Gasteiger partial charge < -0.3 is 5.32 Å². The average molecular weight is 289 g/mol. The monoisotopic (exact) mass is 289 g/mol. The molecule has 1 saturated heterocycles. The summed E-state index contributed by atoms with van der Waals surface area (Å²) in [6.45, 7) is 11.4. The molecule has 0 bridgehead atoms. The predicted molar refractivity (Wildman–Crippen MR) is 90.7 cm³/mol. The van der Waals surface area contributed by atoms with Crippen LogP contribution in [0.3, 0.4) is 0 Å². The minimum Gasteiger partial charge on any atom is -0.319 e. The molecular weight excluding hydrogens is 258 g/mol. The van der Waals surface area contributed by atoms with Crippen LogP contribution in [0.4, 0.5) is 0 Å². The number of hydrogen-bond donors (Lipinski definition) is 1. The van der Waals surface area contributed by atoms with E-state index in [1.807, 2.05) is 7.05 Å². The van der Waals surface area contributed by atoms with E-state index < -0.39 is 0 Å². The molecule has 3 unspecified atom stereocenters. The Morgan fingerprint density at radius 3 is 2.24 bits per heavy atom. The highest BCUT2D eigenvalue weighted by atomic mass is 15.3. The van der Waals surface area contributed by atoms with Crippen LogP contribution in [0.25, 0.3) is 0 Å². The molecule has 0 saturated carbocycles. The van der Waals surface area contributed by atoms with Crippen LogP contribution in [0, 0.1) is 0 Å². The SMILES string of the molecule is CNCC(C)c1ccc(CN2CC(C)N(C)C(C)C2)cc1. The van der Waals surface area contributed by atoms with Crippen LogP contribution >= 0.6 is 0 Å². The summed E-state index contributed by atoms with van der Waals surface area (Å²) in [7, 11) is 4.26. The number of nitrogens with one attached hydrogen (secondary N) is 1. The first kappa shape index (κ1) is 16.5. The van der Waals surface area contributed by atoms with Gasteiger partial charge in [0, 0.05) is 38.3 Å². The first-order chi connectivity index (χ1) is 10.0. The van der Waals surface area contributed by atoms with Crippen LogP contribution < -0.4 is 5.32 Å². The normalized spacial score (nSPS) is 26.0. The van der Waals surface area contributed by atoms with Gasteiger partial charge in [-0.05, 0) is 45.0 Å². The summed E-state index contributed by atoms with van der Waals surface area (Å²) in [5.74, 6) is 0.577. The zero-order valence-electron chi connectivity index (χ0n) is 14.3. The Balaban J connectivity index is 1.94. The number of hydrogen-bond acceptors (Lipinski definition) is 3. The van der Waals surface area contributed by atoms with Crippen LogP contribution in [0.15, 0.2) is 24.3 Å². The summed E-state index contributed by atoms with van der Waals surface area (Å²) >= 11 is 0. The maximum absolute atomic E-state index is 3.25. The number of benzene rings is 1. The fraction of sp³-hybridized carbons (Fsp3) is 0.667. The van der Waals surface area contributed by atoms with Crippen LogP contribution in [-0.4, -0.2) is 55.6 Å². The molecule has 1 fully saturated rings. The number of piperazine rings is 1. The van der Waals surface area contributed by atoms with Crippen molar-refractivity contribution >= 4 is 0 Å².